The quantitative estimate of drug-likeness (QED) is 0.695. The molecule has 4 heteroatoms. The second-order valence-corrected chi connectivity index (χ2v) is 6.17. The van der Waals surface area contributed by atoms with Crippen molar-refractivity contribution in [3.63, 3.8) is 0 Å². The summed E-state index contributed by atoms with van der Waals surface area (Å²) in [7, 11) is 2.15. The Kier molecular flexibility index (Phi) is 6.96. The summed E-state index contributed by atoms with van der Waals surface area (Å²) in [6.07, 6.45) is 4.20. The third-order valence-corrected chi connectivity index (χ3v) is 4.66. The van der Waals surface area contributed by atoms with Gasteiger partial charge in [0.1, 0.15) is 5.54 Å². The van der Waals surface area contributed by atoms with Crippen LogP contribution in [0.3, 0.4) is 0 Å². The molecular weight excluding hydrogens is 252 g/mol. The van der Waals surface area contributed by atoms with Crippen molar-refractivity contribution in [3.05, 3.63) is 0 Å². The monoisotopic (exact) mass is 284 g/mol. The minimum absolute atomic E-state index is 0.0449. The van der Waals surface area contributed by atoms with Crippen LogP contribution in [0.4, 0.5) is 0 Å². The van der Waals surface area contributed by atoms with Crippen molar-refractivity contribution in [2.45, 2.75) is 65.0 Å². The van der Waals surface area contributed by atoms with E-state index in [2.05, 4.69) is 38.0 Å². The Balaban J connectivity index is 2.73. The molecule has 118 valence electrons. The summed E-state index contributed by atoms with van der Waals surface area (Å²) in [4.78, 5) is 14.8. The lowest BCUT2D eigenvalue weighted by Crippen LogP contribution is -2.56. The van der Waals surface area contributed by atoms with Crippen LogP contribution in [0.1, 0.15) is 53.4 Å². The molecule has 0 spiro atoms. The van der Waals surface area contributed by atoms with E-state index in [9.17, 15) is 4.79 Å². The smallest absolute Gasteiger partial charge is 0.326 e. The molecule has 20 heavy (non-hydrogen) atoms. The zero-order valence-corrected chi connectivity index (χ0v) is 13.9. The molecule has 0 aromatic rings. The number of likely N-dealkylation sites (N-methyl/N-ethyl adjacent to an activating group) is 1. The Labute approximate surface area is 124 Å². The van der Waals surface area contributed by atoms with E-state index in [0.29, 0.717) is 18.6 Å². The van der Waals surface area contributed by atoms with E-state index >= 15 is 0 Å². The highest BCUT2D eigenvalue weighted by molar-refractivity contribution is 5.81. The van der Waals surface area contributed by atoms with Crippen molar-refractivity contribution in [1.29, 1.82) is 0 Å². The molecule has 1 aliphatic carbocycles. The zero-order valence-electron chi connectivity index (χ0n) is 13.9. The first kappa shape index (κ1) is 17.4. The van der Waals surface area contributed by atoms with Gasteiger partial charge in [-0.3, -0.25) is 4.79 Å². The van der Waals surface area contributed by atoms with Gasteiger partial charge < -0.3 is 15.0 Å². The molecule has 0 saturated heterocycles. The molecule has 2 atom stereocenters. The maximum Gasteiger partial charge on any atom is 0.326 e. The molecule has 1 fully saturated rings. The van der Waals surface area contributed by atoms with Crippen LogP contribution in [0.15, 0.2) is 0 Å². The van der Waals surface area contributed by atoms with E-state index in [1.807, 2.05) is 6.92 Å². The SMILES string of the molecule is CCNC1(C(=O)OCC)CCCC1CCN(C)C(C)C. The van der Waals surface area contributed by atoms with Crippen LogP contribution in [0, 0.1) is 5.92 Å². The fraction of sp³-hybridized carbons (Fsp3) is 0.938. The second kappa shape index (κ2) is 7.99. The molecule has 2 unspecified atom stereocenters. The van der Waals surface area contributed by atoms with Crippen molar-refractivity contribution < 1.29 is 9.53 Å². The summed E-state index contributed by atoms with van der Waals surface area (Å²) in [6.45, 7) is 10.7. The average molecular weight is 284 g/mol. The molecule has 1 N–H and O–H groups in total. The lowest BCUT2D eigenvalue weighted by molar-refractivity contribution is -0.153. The minimum Gasteiger partial charge on any atom is -0.465 e. The number of rotatable bonds is 8. The molecular formula is C16H32N2O2. The van der Waals surface area contributed by atoms with Crippen molar-refractivity contribution >= 4 is 5.97 Å². The average Bonchev–Trinajstić information content (AvgIpc) is 2.80. The third-order valence-electron chi connectivity index (χ3n) is 4.66. The van der Waals surface area contributed by atoms with Crippen molar-refractivity contribution in [2.75, 3.05) is 26.7 Å². The maximum absolute atomic E-state index is 12.4. The molecule has 1 saturated carbocycles. The summed E-state index contributed by atoms with van der Waals surface area (Å²) >= 11 is 0. The summed E-state index contributed by atoms with van der Waals surface area (Å²) in [5.41, 5.74) is -0.442. The van der Waals surface area contributed by atoms with Crippen molar-refractivity contribution in [2.24, 2.45) is 5.92 Å². The van der Waals surface area contributed by atoms with Crippen LogP contribution < -0.4 is 5.32 Å². The lowest BCUT2D eigenvalue weighted by atomic mass is 9.84. The molecule has 4 nitrogen and oxygen atoms in total. The van der Waals surface area contributed by atoms with E-state index in [1.54, 1.807) is 0 Å². The maximum atomic E-state index is 12.4. The highest BCUT2D eigenvalue weighted by Crippen LogP contribution is 2.39. The standard InChI is InChI=1S/C16H32N2O2/c1-6-17-16(15(19)20-7-2)11-8-9-14(16)10-12-18(5)13(3)4/h13-14,17H,6-12H2,1-5H3. The summed E-state index contributed by atoms with van der Waals surface area (Å²) in [5.74, 6) is 0.347. The third kappa shape index (κ3) is 3.95. The number of carbonyl (C=O) groups excluding carboxylic acids is 1. The van der Waals surface area contributed by atoms with E-state index in [0.717, 1.165) is 38.8 Å². The van der Waals surface area contributed by atoms with E-state index in [-0.39, 0.29) is 5.97 Å². The number of nitrogens with zero attached hydrogens (tertiary/aromatic N) is 1. The topological polar surface area (TPSA) is 41.6 Å². The van der Waals surface area contributed by atoms with Gasteiger partial charge in [0, 0.05) is 6.04 Å². The number of carbonyl (C=O) groups is 1. The summed E-state index contributed by atoms with van der Waals surface area (Å²) in [5, 5.41) is 3.45. The van der Waals surface area contributed by atoms with Crippen LogP contribution >= 0.6 is 0 Å². The lowest BCUT2D eigenvalue weighted by Gasteiger charge is -2.35. The van der Waals surface area contributed by atoms with Gasteiger partial charge in [-0.2, -0.15) is 0 Å². The van der Waals surface area contributed by atoms with Gasteiger partial charge in [0.25, 0.3) is 0 Å². The van der Waals surface area contributed by atoms with Crippen molar-refractivity contribution in [1.82, 2.24) is 10.2 Å². The van der Waals surface area contributed by atoms with Gasteiger partial charge in [-0.15, -0.1) is 0 Å². The summed E-state index contributed by atoms with van der Waals surface area (Å²) in [6, 6.07) is 0.549. The molecule has 0 aliphatic heterocycles. The van der Waals surface area contributed by atoms with Gasteiger partial charge in [-0.05, 0) is 66.1 Å². The van der Waals surface area contributed by atoms with Crippen LogP contribution in [0.5, 0.6) is 0 Å². The van der Waals surface area contributed by atoms with Gasteiger partial charge in [0.05, 0.1) is 6.61 Å². The van der Waals surface area contributed by atoms with Crippen LogP contribution in [0.2, 0.25) is 0 Å². The largest absolute Gasteiger partial charge is 0.465 e. The number of esters is 1. The van der Waals surface area contributed by atoms with E-state index in [4.69, 9.17) is 4.74 Å². The van der Waals surface area contributed by atoms with Gasteiger partial charge in [0.15, 0.2) is 0 Å². The second-order valence-electron chi connectivity index (χ2n) is 6.17. The predicted molar refractivity (Wildman–Crippen MR) is 82.8 cm³/mol. The van der Waals surface area contributed by atoms with E-state index < -0.39 is 5.54 Å². The molecule has 1 rings (SSSR count). The van der Waals surface area contributed by atoms with Crippen LogP contribution in [0.25, 0.3) is 0 Å². The zero-order chi connectivity index (χ0) is 15.2. The number of nitrogens with one attached hydrogen (secondary N) is 1. The Morgan fingerprint density at radius 1 is 1.45 bits per heavy atom. The fourth-order valence-electron chi connectivity index (χ4n) is 3.24. The number of hydrogen-bond acceptors (Lipinski definition) is 4. The highest BCUT2D eigenvalue weighted by Gasteiger charge is 2.49. The number of ether oxygens (including phenoxy) is 1. The summed E-state index contributed by atoms with van der Waals surface area (Å²) < 4.78 is 5.35. The first-order chi connectivity index (χ1) is 9.47. The number of hydrogen-bond donors (Lipinski definition) is 1. The van der Waals surface area contributed by atoms with Gasteiger partial charge >= 0.3 is 5.97 Å². The van der Waals surface area contributed by atoms with Crippen LogP contribution in [-0.4, -0.2) is 49.2 Å². The minimum atomic E-state index is -0.442. The van der Waals surface area contributed by atoms with Gasteiger partial charge in [-0.25, -0.2) is 0 Å². The Hall–Kier alpha value is -0.610. The van der Waals surface area contributed by atoms with Crippen molar-refractivity contribution in [3.8, 4) is 0 Å². The molecule has 0 bridgehead atoms. The normalized spacial score (nSPS) is 26.4. The molecule has 0 aromatic heterocycles. The molecule has 0 heterocycles. The predicted octanol–water partition coefficient (Wildman–Crippen LogP) is 2.43. The highest BCUT2D eigenvalue weighted by atomic mass is 16.5. The molecule has 0 radical (unpaired) electrons. The van der Waals surface area contributed by atoms with Gasteiger partial charge in [0.2, 0.25) is 0 Å². The van der Waals surface area contributed by atoms with E-state index in [1.165, 1.54) is 0 Å². The Bertz CT molecular complexity index is 307. The molecule has 1 aliphatic rings. The molecule has 0 amide bonds. The van der Waals surface area contributed by atoms with Gasteiger partial charge in [-0.1, -0.05) is 13.3 Å². The fourth-order valence-corrected chi connectivity index (χ4v) is 3.24. The Morgan fingerprint density at radius 3 is 2.70 bits per heavy atom. The first-order valence-electron chi connectivity index (χ1n) is 8.10. The van der Waals surface area contributed by atoms with Crippen LogP contribution in [-0.2, 0) is 9.53 Å². The Morgan fingerprint density at radius 2 is 2.15 bits per heavy atom. The first-order valence-corrected chi connectivity index (χ1v) is 8.10. The molecule has 0 aromatic carbocycles.